The number of benzene rings is 2. The topological polar surface area (TPSA) is 72.2 Å². The molecule has 1 amide bonds. The van der Waals surface area contributed by atoms with E-state index in [1.165, 1.54) is 6.92 Å². The molecule has 0 unspecified atom stereocenters. The molecule has 4 heteroatoms. The molecule has 2 aromatic rings. The molecule has 0 atom stereocenters. The predicted octanol–water partition coefficient (Wildman–Crippen LogP) is 2.40. The van der Waals surface area contributed by atoms with Crippen molar-refractivity contribution in [3.05, 3.63) is 65.2 Å². The molecule has 0 saturated heterocycles. The van der Waals surface area contributed by atoms with Crippen LogP contribution in [-0.2, 0) is 6.54 Å². The molecule has 0 aliphatic heterocycles. The summed E-state index contributed by atoms with van der Waals surface area (Å²) in [6, 6.07) is 14.1. The summed E-state index contributed by atoms with van der Waals surface area (Å²) in [6.45, 7) is 1.82. The largest absolute Gasteiger partial charge is 0.399 e. The Kier molecular flexibility index (Phi) is 4.15. The maximum atomic E-state index is 12.1. The van der Waals surface area contributed by atoms with Gasteiger partial charge in [-0.1, -0.05) is 30.3 Å². The Morgan fingerprint density at radius 3 is 2.40 bits per heavy atom. The molecular weight excluding hydrogens is 252 g/mol. The molecule has 3 N–H and O–H groups in total. The van der Waals surface area contributed by atoms with Crippen LogP contribution in [0.3, 0.4) is 0 Å². The van der Waals surface area contributed by atoms with Crippen LogP contribution in [0.1, 0.15) is 33.2 Å². The zero-order chi connectivity index (χ0) is 14.5. The number of ketones is 1. The molecular formula is C16H16N2O2. The number of hydrogen-bond acceptors (Lipinski definition) is 3. The highest BCUT2D eigenvalue weighted by Gasteiger charge is 2.13. The number of Topliss-reactive ketones (excluding diaryl/α,β-unsaturated/α-hetero) is 1. The number of hydrogen-bond donors (Lipinski definition) is 2. The van der Waals surface area contributed by atoms with Gasteiger partial charge in [-0.25, -0.2) is 0 Å². The van der Waals surface area contributed by atoms with Crippen LogP contribution in [0, 0.1) is 0 Å². The van der Waals surface area contributed by atoms with Gasteiger partial charge >= 0.3 is 0 Å². The van der Waals surface area contributed by atoms with Crippen LogP contribution in [0.2, 0.25) is 0 Å². The van der Waals surface area contributed by atoms with E-state index in [0.29, 0.717) is 23.4 Å². The molecule has 0 aromatic heterocycles. The van der Waals surface area contributed by atoms with Crippen LogP contribution in [0.25, 0.3) is 0 Å². The van der Waals surface area contributed by atoms with Gasteiger partial charge in [-0.2, -0.15) is 0 Å². The van der Waals surface area contributed by atoms with Crippen LogP contribution in [-0.4, -0.2) is 11.7 Å². The van der Waals surface area contributed by atoms with Gasteiger partial charge in [0.1, 0.15) is 0 Å². The lowest BCUT2D eigenvalue weighted by Gasteiger charge is -2.08. The van der Waals surface area contributed by atoms with Crippen molar-refractivity contribution < 1.29 is 9.59 Å². The third-order valence-electron chi connectivity index (χ3n) is 2.96. The second kappa shape index (κ2) is 6.02. The van der Waals surface area contributed by atoms with E-state index in [1.807, 2.05) is 12.1 Å². The molecule has 0 aliphatic carbocycles. The quantitative estimate of drug-likeness (QED) is 0.660. The maximum Gasteiger partial charge on any atom is 0.252 e. The third-order valence-corrected chi connectivity index (χ3v) is 2.96. The monoisotopic (exact) mass is 268 g/mol. The summed E-state index contributed by atoms with van der Waals surface area (Å²) in [7, 11) is 0. The zero-order valence-electron chi connectivity index (χ0n) is 11.2. The van der Waals surface area contributed by atoms with Crippen molar-refractivity contribution in [3.63, 3.8) is 0 Å². The standard InChI is InChI=1S/C16H16N2O2/c1-11(19)14-7-2-3-8-15(14)16(20)18-10-12-5-4-6-13(17)9-12/h2-9H,10,17H2,1H3,(H,18,20). The van der Waals surface area contributed by atoms with E-state index in [2.05, 4.69) is 5.32 Å². The van der Waals surface area contributed by atoms with E-state index in [1.54, 1.807) is 36.4 Å². The molecule has 2 aromatic carbocycles. The van der Waals surface area contributed by atoms with Gasteiger partial charge in [-0.3, -0.25) is 9.59 Å². The minimum absolute atomic E-state index is 0.125. The SMILES string of the molecule is CC(=O)c1ccccc1C(=O)NCc1cccc(N)c1. The first-order valence-electron chi connectivity index (χ1n) is 6.30. The van der Waals surface area contributed by atoms with Crippen LogP contribution in [0.5, 0.6) is 0 Å². The number of rotatable bonds is 4. The zero-order valence-corrected chi connectivity index (χ0v) is 11.2. The van der Waals surface area contributed by atoms with Gasteiger partial charge in [0, 0.05) is 17.8 Å². The Bertz CT molecular complexity index is 650. The summed E-state index contributed by atoms with van der Waals surface area (Å²) < 4.78 is 0. The van der Waals surface area contributed by atoms with E-state index in [0.717, 1.165) is 5.56 Å². The third kappa shape index (κ3) is 3.23. The van der Waals surface area contributed by atoms with Crippen molar-refractivity contribution in [1.29, 1.82) is 0 Å². The van der Waals surface area contributed by atoms with Gasteiger partial charge < -0.3 is 11.1 Å². The fraction of sp³-hybridized carbons (Fsp3) is 0.125. The number of nitrogens with two attached hydrogens (primary N) is 1. The summed E-state index contributed by atoms with van der Waals surface area (Å²) in [6.07, 6.45) is 0. The number of nitrogens with one attached hydrogen (secondary N) is 1. The van der Waals surface area contributed by atoms with Crippen LogP contribution >= 0.6 is 0 Å². The van der Waals surface area contributed by atoms with Crippen LogP contribution < -0.4 is 11.1 Å². The van der Waals surface area contributed by atoms with Gasteiger partial charge in [-0.05, 0) is 30.7 Å². The Hall–Kier alpha value is -2.62. The smallest absolute Gasteiger partial charge is 0.252 e. The van der Waals surface area contributed by atoms with E-state index in [4.69, 9.17) is 5.73 Å². The summed E-state index contributed by atoms with van der Waals surface area (Å²) >= 11 is 0. The normalized spacial score (nSPS) is 10.1. The van der Waals surface area contributed by atoms with Crippen molar-refractivity contribution in [1.82, 2.24) is 5.32 Å². The first-order chi connectivity index (χ1) is 9.58. The fourth-order valence-electron chi connectivity index (χ4n) is 1.97. The van der Waals surface area contributed by atoms with Crippen LogP contribution in [0.15, 0.2) is 48.5 Å². The summed E-state index contributed by atoms with van der Waals surface area (Å²) in [5.41, 5.74) is 8.07. The average molecular weight is 268 g/mol. The van der Waals surface area contributed by atoms with Gasteiger partial charge in [0.05, 0.1) is 5.56 Å². The minimum atomic E-state index is -0.266. The molecule has 0 fully saturated rings. The molecule has 102 valence electrons. The predicted molar refractivity (Wildman–Crippen MR) is 78.5 cm³/mol. The summed E-state index contributed by atoms with van der Waals surface area (Å²) in [4.78, 5) is 23.6. The first kappa shape index (κ1) is 13.8. The maximum absolute atomic E-state index is 12.1. The van der Waals surface area contributed by atoms with Crippen molar-refractivity contribution in [2.45, 2.75) is 13.5 Å². The molecule has 4 nitrogen and oxygen atoms in total. The highest BCUT2D eigenvalue weighted by atomic mass is 16.2. The number of carbonyl (C=O) groups excluding carboxylic acids is 2. The summed E-state index contributed by atoms with van der Waals surface area (Å²) in [5, 5.41) is 2.79. The van der Waals surface area contributed by atoms with Crippen LogP contribution in [0.4, 0.5) is 5.69 Å². The Morgan fingerprint density at radius 1 is 1.05 bits per heavy atom. The Morgan fingerprint density at radius 2 is 1.75 bits per heavy atom. The van der Waals surface area contributed by atoms with Crippen molar-refractivity contribution in [3.8, 4) is 0 Å². The van der Waals surface area contributed by atoms with Gasteiger partial charge in [-0.15, -0.1) is 0 Å². The minimum Gasteiger partial charge on any atom is -0.399 e. The highest BCUT2D eigenvalue weighted by molar-refractivity contribution is 6.07. The number of amides is 1. The van der Waals surface area contributed by atoms with E-state index >= 15 is 0 Å². The fourth-order valence-corrected chi connectivity index (χ4v) is 1.97. The molecule has 0 bridgehead atoms. The van der Waals surface area contributed by atoms with Gasteiger partial charge in [0.25, 0.3) is 5.91 Å². The average Bonchev–Trinajstić information content (AvgIpc) is 2.45. The number of carbonyl (C=O) groups is 2. The van der Waals surface area contributed by atoms with Gasteiger partial charge in [0.2, 0.25) is 0 Å². The molecule has 0 heterocycles. The van der Waals surface area contributed by atoms with Crippen molar-refractivity contribution in [2.24, 2.45) is 0 Å². The van der Waals surface area contributed by atoms with Crippen molar-refractivity contribution in [2.75, 3.05) is 5.73 Å². The number of nitrogen functional groups attached to an aromatic ring is 1. The lowest BCUT2D eigenvalue weighted by Crippen LogP contribution is -2.24. The van der Waals surface area contributed by atoms with E-state index in [-0.39, 0.29) is 11.7 Å². The molecule has 2 rings (SSSR count). The molecule has 0 spiro atoms. The number of anilines is 1. The summed E-state index contributed by atoms with van der Waals surface area (Å²) in [5.74, 6) is -0.391. The highest BCUT2D eigenvalue weighted by Crippen LogP contribution is 2.10. The molecule has 0 saturated carbocycles. The first-order valence-corrected chi connectivity index (χ1v) is 6.30. The molecule has 20 heavy (non-hydrogen) atoms. The lowest BCUT2D eigenvalue weighted by molar-refractivity contribution is 0.0936. The lowest BCUT2D eigenvalue weighted by atomic mass is 10.0. The van der Waals surface area contributed by atoms with Gasteiger partial charge in [0.15, 0.2) is 5.78 Å². The molecule has 0 aliphatic rings. The molecule has 0 radical (unpaired) electrons. The van der Waals surface area contributed by atoms with E-state index < -0.39 is 0 Å². The van der Waals surface area contributed by atoms with E-state index in [9.17, 15) is 9.59 Å². The Balaban J connectivity index is 2.11. The second-order valence-electron chi connectivity index (χ2n) is 4.53. The second-order valence-corrected chi connectivity index (χ2v) is 4.53. The van der Waals surface area contributed by atoms with Crippen molar-refractivity contribution >= 4 is 17.4 Å². The Labute approximate surface area is 117 Å².